The number of piperidine rings is 1. The molecule has 31 heavy (non-hydrogen) atoms. The van der Waals surface area contributed by atoms with E-state index in [0.29, 0.717) is 35.0 Å². The standard InChI is InChI=1S/C22H20F4N4O/c23-14-3-4-15-16(12-14)28-20(22(24,25)26)18-19(15)30(10-7-13-5-8-27-9-6-13)21(29-18)17-2-1-11-31-17/h1-4,11-13,27H,5-10H2. The third-order valence-corrected chi connectivity index (χ3v) is 5.87. The number of nitrogens with zero attached hydrogens (tertiary/aromatic N) is 3. The monoisotopic (exact) mass is 432 g/mol. The molecule has 1 saturated heterocycles. The van der Waals surface area contributed by atoms with Crippen LogP contribution in [0.2, 0.25) is 0 Å². The van der Waals surface area contributed by atoms with Gasteiger partial charge in [-0.3, -0.25) is 0 Å². The summed E-state index contributed by atoms with van der Waals surface area (Å²) in [5.41, 5.74) is -1.11. The molecule has 5 nitrogen and oxygen atoms in total. The van der Waals surface area contributed by atoms with Crippen LogP contribution >= 0.6 is 0 Å². The highest BCUT2D eigenvalue weighted by atomic mass is 19.4. The average molecular weight is 432 g/mol. The topological polar surface area (TPSA) is 55.9 Å². The van der Waals surface area contributed by atoms with Gasteiger partial charge in [-0.05, 0) is 62.5 Å². The van der Waals surface area contributed by atoms with Crippen molar-refractivity contribution >= 4 is 21.9 Å². The molecule has 1 aliphatic heterocycles. The number of hydrogen-bond donors (Lipinski definition) is 1. The minimum atomic E-state index is -4.73. The summed E-state index contributed by atoms with van der Waals surface area (Å²) in [6.45, 7) is 2.35. The number of rotatable bonds is 4. The van der Waals surface area contributed by atoms with Crippen molar-refractivity contribution < 1.29 is 22.0 Å². The molecule has 1 aromatic carbocycles. The number of aryl methyl sites for hydroxylation is 1. The van der Waals surface area contributed by atoms with Crippen LogP contribution in [0.5, 0.6) is 0 Å². The molecule has 9 heteroatoms. The van der Waals surface area contributed by atoms with Gasteiger partial charge >= 0.3 is 6.18 Å². The van der Waals surface area contributed by atoms with Crippen molar-refractivity contribution in [2.75, 3.05) is 13.1 Å². The second-order valence-electron chi connectivity index (χ2n) is 7.86. The normalized spacial score (nSPS) is 15.9. The van der Waals surface area contributed by atoms with Gasteiger partial charge in [0.25, 0.3) is 0 Å². The quantitative estimate of drug-likeness (QED) is 0.439. The van der Waals surface area contributed by atoms with Crippen LogP contribution in [0, 0.1) is 11.7 Å². The molecule has 1 fully saturated rings. The first-order valence-electron chi connectivity index (χ1n) is 10.2. The molecular weight excluding hydrogens is 412 g/mol. The van der Waals surface area contributed by atoms with E-state index in [0.717, 1.165) is 38.4 Å². The van der Waals surface area contributed by atoms with E-state index >= 15 is 0 Å². The maximum absolute atomic E-state index is 13.9. The summed E-state index contributed by atoms with van der Waals surface area (Å²) >= 11 is 0. The van der Waals surface area contributed by atoms with Gasteiger partial charge in [0.1, 0.15) is 11.3 Å². The molecule has 5 rings (SSSR count). The van der Waals surface area contributed by atoms with Crippen LogP contribution in [-0.4, -0.2) is 27.6 Å². The number of nitrogens with one attached hydrogen (secondary N) is 1. The molecule has 3 aromatic heterocycles. The van der Waals surface area contributed by atoms with Crippen molar-refractivity contribution in [1.29, 1.82) is 0 Å². The van der Waals surface area contributed by atoms with E-state index in [-0.39, 0.29) is 11.0 Å². The van der Waals surface area contributed by atoms with E-state index in [9.17, 15) is 17.6 Å². The SMILES string of the molecule is Fc1ccc2c(c1)nc(C(F)(F)F)c1nc(-c3ccco3)n(CCC3CCNCC3)c12. The number of aromatic nitrogens is 3. The van der Waals surface area contributed by atoms with Crippen LogP contribution in [0.1, 0.15) is 25.0 Å². The van der Waals surface area contributed by atoms with E-state index in [1.165, 1.54) is 18.4 Å². The molecule has 0 aliphatic carbocycles. The lowest BCUT2D eigenvalue weighted by atomic mass is 9.94. The number of halogens is 4. The third-order valence-electron chi connectivity index (χ3n) is 5.87. The third kappa shape index (κ3) is 3.67. The van der Waals surface area contributed by atoms with Gasteiger partial charge in [0.2, 0.25) is 0 Å². The van der Waals surface area contributed by atoms with E-state index in [2.05, 4.69) is 15.3 Å². The number of fused-ring (bicyclic) bond motifs is 3. The van der Waals surface area contributed by atoms with Crippen molar-refractivity contribution in [2.45, 2.75) is 32.0 Å². The fraction of sp³-hybridized carbons (Fsp3) is 0.364. The van der Waals surface area contributed by atoms with Crippen molar-refractivity contribution in [2.24, 2.45) is 5.92 Å². The van der Waals surface area contributed by atoms with Gasteiger partial charge in [0.05, 0.1) is 17.3 Å². The Hall–Kier alpha value is -2.94. The van der Waals surface area contributed by atoms with E-state index < -0.39 is 17.7 Å². The Morgan fingerprint density at radius 1 is 1.13 bits per heavy atom. The Bertz CT molecular complexity index is 1220. The molecule has 0 atom stereocenters. The average Bonchev–Trinajstić information content (AvgIpc) is 3.39. The van der Waals surface area contributed by atoms with Gasteiger partial charge in [-0.25, -0.2) is 14.4 Å². The highest BCUT2D eigenvalue weighted by molar-refractivity contribution is 6.04. The van der Waals surface area contributed by atoms with Crippen LogP contribution < -0.4 is 5.32 Å². The first-order valence-corrected chi connectivity index (χ1v) is 10.2. The van der Waals surface area contributed by atoms with Crippen molar-refractivity contribution in [1.82, 2.24) is 19.9 Å². The maximum Gasteiger partial charge on any atom is 0.435 e. The number of hydrogen-bond acceptors (Lipinski definition) is 4. The van der Waals surface area contributed by atoms with Crippen LogP contribution in [0.15, 0.2) is 41.0 Å². The van der Waals surface area contributed by atoms with Gasteiger partial charge in [-0.2, -0.15) is 13.2 Å². The van der Waals surface area contributed by atoms with Crippen molar-refractivity contribution in [3.05, 3.63) is 48.1 Å². The van der Waals surface area contributed by atoms with Crippen molar-refractivity contribution in [3.8, 4) is 11.6 Å². The van der Waals surface area contributed by atoms with Crippen LogP contribution in [0.3, 0.4) is 0 Å². The first-order chi connectivity index (χ1) is 14.9. The molecule has 0 bridgehead atoms. The molecule has 4 aromatic rings. The number of alkyl halides is 3. The molecule has 0 saturated carbocycles. The predicted molar refractivity (Wildman–Crippen MR) is 108 cm³/mol. The lowest BCUT2D eigenvalue weighted by molar-refractivity contribution is -0.139. The van der Waals surface area contributed by atoms with Crippen LogP contribution in [0.25, 0.3) is 33.5 Å². The van der Waals surface area contributed by atoms with Gasteiger partial charge in [0.15, 0.2) is 17.3 Å². The summed E-state index contributed by atoms with van der Waals surface area (Å²) in [6.07, 6.45) is -0.434. The van der Waals surface area contributed by atoms with E-state index in [4.69, 9.17) is 4.42 Å². The minimum absolute atomic E-state index is 0.0474. The zero-order chi connectivity index (χ0) is 21.6. The molecule has 4 heterocycles. The molecule has 162 valence electrons. The molecular formula is C22H20F4N4O. The number of benzene rings is 1. The summed E-state index contributed by atoms with van der Waals surface area (Å²) in [6, 6.07) is 7.07. The number of imidazole rings is 1. The highest BCUT2D eigenvalue weighted by Gasteiger charge is 2.38. The fourth-order valence-electron chi connectivity index (χ4n) is 4.35. The summed E-state index contributed by atoms with van der Waals surface area (Å²) in [5.74, 6) is 0.526. The fourth-order valence-corrected chi connectivity index (χ4v) is 4.35. The molecule has 0 radical (unpaired) electrons. The summed E-state index contributed by atoms with van der Waals surface area (Å²) < 4.78 is 62.7. The summed E-state index contributed by atoms with van der Waals surface area (Å²) in [5, 5.41) is 3.75. The molecule has 1 aliphatic rings. The Balaban J connectivity index is 1.75. The smallest absolute Gasteiger partial charge is 0.435 e. The zero-order valence-electron chi connectivity index (χ0n) is 16.5. The Morgan fingerprint density at radius 2 is 1.94 bits per heavy atom. The van der Waals surface area contributed by atoms with Gasteiger partial charge in [-0.15, -0.1) is 0 Å². The summed E-state index contributed by atoms with van der Waals surface area (Å²) in [7, 11) is 0. The van der Waals surface area contributed by atoms with Crippen LogP contribution in [-0.2, 0) is 12.7 Å². The van der Waals surface area contributed by atoms with E-state index in [1.54, 1.807) is 16.7 Å². The molecule has 0 amide bonds. The molecule has 0 spiro atoms. The number of pyridine rings is 1. The van der Waals surface area contributed by atoms with Gasteiger partial charge < -0.3 is 14.3 Å². The molecule has 0 unspecified atom stereocenters. The zero-order valence-corrected chi connectivity index (χ0v) is 16.5. The summed E-state index contributed by atoms with van der Waals surface area (Å²) in [4.78, 5) is 8.08. The lowest BCUT2D eigenvalue weighted by Crippen LogP contribution is -2.28. The Labute approximate surface area is 175 Å². The highest BCUT2D eigenvalue weighted by Crippen LogP contribution is 2.39. The van der Waals surface area contributed by atoms with Gasteiger partial charge in [0, 0.05) is 18.0 Å². The number of furan rings is 1. The second kappa shape index (κ2) is 7.64. The Morgan fingerprint density at radius 3 is 2.65 bits per heavy atom. The van der Waals surface area contributed by atoms with Crippen LogP contribution in [0.4, 0.5) is 17.6 Å². The minimum Gasteiger partial charge on any atom is -0.461 e. The molecule has 1 N–H and O–H groups in total. The Kier molecular flexibility index (Phi) is 4.92. The van der Waals surface area contributed by atoms with Gasteiger partial charge in [-0.1, -0.05) is 0 Å². The largest absolute Gasteiger partial charge is 0.461 e. The predicted octanol–water partition coefficient (Wildman–Crippen LogP) is 5.39. The maximum atomic E-state index is 13.9. The first kappa shape index (κ1) is 20.0. The second-order valence-corrected chi connectivity index (χ2v) is 7.86. The lowest BCUT2D eigenvalue weighted by Gasteiger charge is -2.23. The van der Waals surface area contributed by atoms with E-state index in [1.807, 2.05) is 0 Å². The van der Waals surface area contributed by atoms with Crippen molar-refractivity contribution in [3.63, 3.8) is 0 Å².